The Morgan fingerprint density at radius 3 is 2.57 bits per heavy atom. The van der Waals surface area contributed by atoms with E-state index in [1.165, 1.54) is 30.2 Å². The van der Waals surface area contributed by atoms with Gasteiger partial charge in [-0.25, -0.2) is 8.42 Å². The van der Waals surface area contributed by atoms with Crippen molar-refractivity contribution in [2.75, 3.05) is 12.8 Å². The molecule has 1 atom stereocenters. The lowest BCUT2D eigenvalue weighted by Crippen LogP contribution is -2.15. The SMILES string of the molecule is CCCC(=O)OC1CN=C(c2cc3cc(Oc4ccc(S(C)(=O)=O)cc4)cc(OC(C)C)c3[nH]2)S1. The van der Waals surface area contributed by atoms with E-state index in [1.54, 1.807) is 18.2 Å². The van der Waals surface area contributed by atoms with E-state index in [1.807, 2.05) is 32.9 Å². The summed E-state index contributed by atoms with van der Waals surface area (Å²) in [5, 5.41) is 1.64. The van der Waals surface area contributed by atoms with Gasteiger partial charge >= 0.3 is 5.97 Å². The number of hydrogen-bond donors (Lipinski definition) is 1. The minimum atomic E-state index is -3.28. The van der Waals surface area contributed by atoms with Gasteiger partial charge in [0, 0.05) is 24.1 Å². The third-order valence-corrected chi connectivity index (χ3v) is 7.30. The van der Waals surface area contributed by atoms with Crippen LogP contribution in [-0.2, 0) is 19.4 Å². The van der Waals surface area contributed by atoms with Crippen molar-refractivity contribution in [1.29, 1.82) is 0 Å². The monoisotopic (exact) mass is 516 g/mol. The molecule has 10 heteroatoms. The highest BCUT2D eigenvalue weighted by Crippen LogP contribution is 2.36. The molecule has 0 bridgehead atoms. The number of carbonyl (C=O) groups excluding carboxylic acids is 1. The Balaban J connectivity index is 1.59. The van der Waals surface area contributed by atoms with Crippen LogP contribution in [0.1, 0.15) is 39.3 Å². The molecule has 3 aromatic rings. The molecule has 1 aliphatic rings. The van der Waals surface area contributed by atoms with Gasteiger partial charge in [0.05, 0.1) is 28.8 Å². The summed E-state index contributed by atoms with van der Waals surface area (Å²) in [6.07, 6.45) is 2.25. The molecule has 2 heterocycles. The molecule has 0 amide bonds. The van der Waals surface area contributed by atoms with Crippen LogP contribution in [0.5, 0.6) is 17.2 Å². The number of aliphatic imine (C=N–C) groups is 1. The minimum absolute atomic E-state index is 0.0604. The first-order valence-electron chi connectivity index (χ1n) is 11.3. The Morgan fingerprint density at radius 1 is 1.17 bits per heavy atom. The van der Waals surface area contributed by atoms with E-state index in [9.17, 15) is 13.2 Å². The van der Waals surface area contributed by atoms with Crippen molar-refractivity contribution < 1.29 is 27.4 Å². The minimum Gasteiger partial charge on any atom is -0.489 e. The number of benzene rings is 2. The van der Waals surface area contributed by atoms with Gasteiger partial charge in [0.15, 0.2) is 15.3 Å². The number of esters is 1. The molecule has 1 N–H and O–H groups in total. The van der Waals surface area contributed by atoms with Gasteiger partial charge in [-0.2, -0.15) is 0 Å². The molecule has 35 heavy (non-hydrogen) atoms. The van der Waals surface area contributed by atoms with Crippen molar-refractivity contribution in [3.05, 3.63) is 48.2 Å². The third-order valence-electron chi connectivity index (χ3n) is 5.09. The van der Waals surface area contributed by atoms with Crippen molar-refractivity contribution in [1.82, 2.24) is 4.98 Å². The highest BCUT2D eigenvalue weighted by atomic mass is 32.2. The first-order chi connectivity index (χ1) is 16.6. The lowest BCUT2D eigenvalue weighted by Gasteiger charge is -2.13. The average molecular weight is 517 g/mol. The fourth-order valence-electron chi connectivity index (χ4n) is 3.57. The zero-order chi connectivity index (χ0) is 25.2. The molecule has 0 aliphatic carbocycles. The fourth-order valence-corrected chi connectivity index (χ4v) is 5.14. The van der Waals surface area contributed by atoms with Crippen LogP contribution in [0.15, 0.2) is 52.4 Å². The maximum Gasteiger partial charge on any atom is 0.306 e. The summed E-state index contributed by atoms with van der Waals surface area (Å²) in [5.74, 6) is 1.48. The van der Waals surface area contributed by atoms with Crippen LogP contribution in [0.4, 0.5) is 0 Å². The highest BCUT2D eigenvalue weighted by Gasteiger charge is 2.25. The normalized spacial score (nSPS) is 15.9. The summed E-state index contributed by atoms with van der Waals surface area (Å²) in [7, 11) is -3.28. The van der Waals surface area contributed by atoms with Crippen LogP contribution in [0, 0.1) is 0 Å². The number of ether oxygens (including phenoxy) is 3. The number of rotatable bonds is 9. The molecule has 186 valence electrons. The molecule has 0 fully saturated rings. The van der Waals surface area contributed by atoms with E-state index < -0.39 is 9.84 Å². The van der Waals surface area contributed by atoms with E-state index in [0.717, 1.165) is 28.1 Å². The van der Waals surface area contributed by atoms with Gasteiger partial charge in [-0.05, 0) is 56.7 Å². The van der Waals surface area contributed by atoms with E-state index in [2.05, 4.69) is 9.98 Å². The van der Waals surface area contributed by atoms with E-state index in [0.29, 0.717) is 30.2 Å². The third kappa shape index (κ3) is 6.18. The van der Waals surface area contributed by atoms with E-state index >= 15 is 0 Å². The standard InChI is InChI=1S/C25H28N2O6S2/c1-5-6-22(28)33-23-14-26-25(34-23)20-12-16-11-18(13-21(24(16)27-20)31-15(2)3)32-17-7-9-19(10-8-17)35(4,29)30/h7-13,15,23,27H,5-6,14H2,1-4H3. The zero-order valence-electron chi connectivity index (χ0n) is 20.0. The number of H-pyrrole nitrogens is 1. The quantitative estimate of drug-likeness (QED) is 0.384. The maximum absolute atomic E-state index is 11.8. The molecular formula is C25H28N2O6S2. The number of carbonyl (C=O) groups is 1. The summed E-state index contributed by atoms with van der Waals surface area (Å²) in [4.78, 5) is 20.0. The van der Waals surface area contributed by atoms with Gasteiger partial charge in [-0.3, -0.25) is 9.79 Å². The summed E-state index contributed by atoms with van der Waals surface area (Å²) < 4.78 is 41.0. The number of hydrogen-bond acceptors (Lipinski definition) is 8. The Morgan fingerprint density at radius 2 is 1.91 bits per heavy atom. The van der Waals surface area contributed by atoms with Crippen molar-refractivity contribution in [3.8, 4) is 17.2 Å². The lowest BCUT2D eigenvalue weighted by molar-refractivity contribution is -0.144. The second kappa shape index (κ2) is 10.3. The van der Waals surface area contributed by atoms with Crippen LogP contribution in [0.25, 0.3) is 10.9 Å². The molecule has 0 spiro atoms. The number of sulfone groups is 1. The van der Waals surface area contributed by atoms with Crippen molar-refractivity contribution >= 4 is 43.5 Å². The molecule has 8 nitrogen and oxygen atoms in total. The van der Waals surface area contributed by atoms with Gasteiger partial charge in [-0.15, -0.1) is 0 Å². The highest BCUT2D eigenvalue weighted by molar-refractivity contribution is 8.15. The molecule has 1 aromatic heterocycles. The molecule has 0 radical (unpaired) electrons. The van der Waals surface area contributed by atoms with Crippen LogP contribution >= 0.6 is 11.8 Å². The Bertz CT molecular complexity index is 1360. The van der Waals surface area contributed by atoms with Crippen LogP contribution in [0.2, 0.25) is 0 Å². The Kier molecular flexibility index (Phi) is 7.42. The number of nitrogens with zero attached hydrogens (tertiary/aromatic N) is 1. The Labute approximate surface area is 209 Å². The largest absolute Gasteiger partial charge is 0.489 e. The van der Waals surface area contributed by atoms with Crippen molar-refractivity contribution in [2.24, 2.45) is 4.99 Å². The molecule has 2 aromatic carbocycles. The first-order valence-corrected chi connectivity index (χ1v) is 14.1. The van der Waals surface area contributed by atoms with Gasteiger partial charge in [0.1, 0.15) is 22.3 Å². The molecular weight excluding hydrogens is 488 g/mol. The first kappa shape index (κ1) is 25.1. The summed E-state index contributed by atoms with van der Waals surface area (Å²) >= 11 is 1.42. The summed E-state index contributed by atoms with van der Waals surface area (Å²) in [6.45, 7) is 6.24. The molecule has 0 saturated carbocycles. The number of fused-ring (bicyclic) bond motifs is 1. The topological polar surface area (TPSA) is 107 Å². The van der Waals surface area contributed by atoms with Crippen molar-refractivity contribution in [3.63, 3.8) is 0 Å². The number of aromatic amines is 1. The van der Waals surface area contributed by atoms with Gasteiger partial charge in [0.25, 0.3) is 0 Å². The summed E-state index contributed by atoms with van der Waals surface area (Å²) in [6, 6.07) is 11.9. The van der Waals surface area contributed by atoms with Gasteiger partial charge in [-0.1, -0.05) is 18.7 Å². The zero-order valence-corrected chi connectivity index (χ0v) is 21.7. The molecule has 4 rings (SSSR count). The maximum atomic E-state index is 11.8. The van der Waals surface area contributed by atoms with Crippen molar-refractivity contribution in [2.45, 2.75) is 50.0 Å². The van der Waals surface area contributed by atoms with Crippen LogP contribution in [0.3, 0.4) is 0 Å². The second-order valence-electron chi connectivity index (χ2n) is 8.51. The van der Waals surface area contributed by atoms with E-state index in [-0.39, 0.29) is 22.4 Å². The van der Waals surface area contributed by atoms with Crippen LogP contribution in [-0.4, -0.2) is 48.8 Å². The molecule has 1 aliphatic heterocycles. The predicted octanol–water partition coefficient (Wildman–Crippen LogP) is 5.31. The Hall–Kier alpha value is -2.98. The van der Waals surface area contributed by atoms with E-state index in [4.69, 9.17) is 14.2 Å². The summed E-state index contributed by atoms with van der Waals surface area (Å²) in [5.41, 5.74) is 1.29. The number of aromatic nitrogens is 1. The predicted molar refractivity (Wildman–Crippen MR) is 137 cm³/mol. The average Bonchev–Trinajstić information content (AvgIpc) is 3.40. The van der Waals surface area contributed by atoms with Gasteiger partial charge < -0.3 is 19.2 Å². The number of thioether (sulfide) groups is 1. The molecule has 0 saturated heterocycles. The lowest BCUT2D eigenvalue weighted by atomic mass is 10.2. The number of nitrogens with one attached hydrogen (secondary N) is 1. The fraction of sp³-hybridized carbons (Fsp3) is 0.360. The molecule has 1 unspecified atom stereocenters. The smallest absolute Gasteiger partial charge is 0.306 e. The van der Waals surface area contributed by atoms with Gasteiger partial charge in [0.2, 0.25) is 0 Å². The van der Waals surface area contributed by atoms with Crippen LogP contribution < -0.4 is 9.47 Å². The second-order valence-corrected chi connectivity index (χ2v) is 11.7.